The third kappa shape index (κ3) is 3.51. The smallest absolute Gasteiger partial charge is 0.333 e. The normalized spacial score (nSPS) is 19.9. The molecular formula is C12H19BN2O4S. The molecule has 1 aromatic rings. The molecule has 0 bridgehead atoms. The molecule has 0 amide bonds. The molecule has 20 heavy (non-hydrogen) atoms. The number of nitrogens with two attached hydrogens (primary N) is 1. The maximum atomic E-state index is 12.5. The maximum absolute atomic E-state index is 12.5. The van der Waals surface area contributed by atoms with E-state index in [1.807, 2.05) is 0 Å². The van der Waals surface area contributed by atoms with E-state index in [9.17, 15) is 8.42 Å². The predicted octanol–water partition coefficient (Wildman–Crippen LogP) is 0.700. The second-order valence-electron chi connectivity index (χ2n) is 5.92. The molecule has 1 aromatic carbocycles. The number of nitrogens with one attached hydrogen (secondary N) is 1. The Hall–Kier alpha value is -1.09. The van der Waals surface area contributed by atoms with Crippen LogP contribution in [0, 0.1) is 0 Å². The Kier molecular flexibility index (Phi) is 4.10. The number of sulfonamides is 1. The van der Waals surface area contributed by atoms with Gasteiger partial charge in [0.25, 0.3) is 0 Å². The first kappa shape index (κ1) is 15.3. The molecule has 0 aliphatic carbocycles. The number of hydrogen-bond donors (Lipinski definition) is 2. The van der Waals surface area contributed by atoms with E-state index >= 15 is 0 Å². The van der Waals surface area contributed by atoms with Crippen LogP contribution in [0.25, 0.3) is 0 Å². The maximum Gasteiger partial charge on any atom is 0.333 e. The van der Waals surface area contributed by atoms with Gasteiger partial charge in [0, 0.05) is 17.0 Å². The highest BCUT2D eigenvalue weighted by Crippen LogP contribution is 2.29. The van der Waals surface area contributed by atoms with Gasteiger partial charge in [0.05, 0.1) is 11.5 Å². The Morgan fingerprint density at radius 2 is 2.10 bits per heavy atom. The van der Waals surface area contributed by atoms with Gasteiger partial charge in [-0.3, -0.25) is 4.89 Å². The second kappa shape index (κ2) is 5.36. The molecule has 110 valence electrons. The van der Waals surface area contributed by atoms with Crippen molar-refractivity contribution in [3.63, 3.8) is 0 Å². The number of nitrogen functional groups attached to an aromatic ring is 1. The van der Waals surface area contributed by atoms with Gasteiger partial charge in [-0.2, -0.15) is 0 Å². The Bertz CT molecular complexity index is 592. The molecule has 1 heterocycles. The molecule has 1 atom stereocenters. The number of benzene rings is 1. The van der Waals surface area contributed by atoms with E-state index in [1.54, 1.807) is 32.9 Å². The van der Waals surface area contributed by atoms with Crippen molar-refractivity contribution in [3.05, 3.63) is 23.8 Å². The fourth-order valence-electron chi connectivity index (χ4n) is 2.07. The van der Waals surface area contributed by atoms with Gasteiger partial charge in [0.1, 0.15) is 0 Å². The molecule has 3 N–H and O–H groups in total. The zero-order valence-corrected chi connectivity index (χ0v) is 12.7. The topological polar surface area (TPSA) is 90.7 Å². The lowest BCUT2D eigenvalue weighted by Crippen LogP contribution is -2.41. The first-order chi connectivity index (χ1) is 9.19. The fraction of sp³-hybridized carbons (Fsp3) is 0.500. The van der Waals surface area contributed by atoms with E-state index in [2.05, 4.69) is 4.72 Å². The summed E-state index contributed by atoms with van der Waals surface area (Å²) in [6.07, 6.45) is 0. The molecule has 0 spiro atoms. The zero-order chi connectivity index (χ0) is 15.0. The molecule has 0 aromatic heterocycles. The van der Waals surface area contributed by atoms with Crippen molar-refractivity contribution in [2.24, 2.45) is 0 Å². The largest absolute Gasteiger partial charge is 0.399 e. The highest BCUT2D eigenvalue weighted by atomic mass is 32.2. The number of hydrogen-bond acceptors (Lipinski definition) is 5. The average Bonchev–Trinajstić information content (AvgIpc) is 2.79. The summed E-state index contributed by atoms with van der Waals surface area (Å²) in [4.78, 5) is 9.91. The van der Waals surface area contributed by atoms with Crippen LogP contribution in [-0.4, -0.2) is 28.0 Å². The summed E-state index contributed by atoms with van der Waals surface area (Å²) < 4.78 is 27.7. The standard InChI is InChI=1S/C12H19BN2O4S/c1-12(2,3)15-20(16,17)11-6-8(14)4-5-9(11)10-7-18-19-13-10/h4-6,10,13,15H,7,14H2,1-3H3. The average molecular weight is 298 g/mol. The first-order valence-corrected chi connectivity index (χ1v) is 7.85. The molecule has 1 aliphatic rings. The van der Waals surface area contributed by atoms with Gasteiger partial charge in [0.15, 0.2) is 0 Å². The summed E-state index contributed by atoms with van der Waals surface area (Å²) in [6, 6.07) is 4.88. The molecule has 6 nitrogen and oxygen atoms in total. The van der Waals surface area contributed by atoms with Crippen LogP contribution >= 0.6 is 0 Å². The van der Waals surface area contributed by atoms with Crippen LogP contribution < -0.4 is 10.5 Å². The SMILES string of the molecule is CC(C)(C)NS(=O)(=O)c1cc(N)ccc1C1BOOC1. The highest BCUT2D eigenvalue weighted by Gasteiger charge is 2.30. The molecular weight excluding hydrogens is 279 g/mol. The van der Waals surface area contributed by atoms with Crippen molar-refractivity contribution >= 4 is 23.2 Å². The van der Waals surface area contributed by atoms with E-state index in [0.717, 1.165) is 0 Å². The quantitative estimate of drug-likeness (QED) is 0.487. The summed E-state index contributed by atoms with van der Waals surface area (Å²) in [5.41, 5.74) is 6.23. The predicted molar refractivity (Wildman–Crippen MR) is 77.9 cm³/mol. The Labute approximate surface area is 119 Å². The van der Waals surface area contributed by atoms with Crippen LogP contribution in [0.4, 0.5) is 5.69 Å². The van der Waals surface area contributed by atoms with E-state index in [4.69, 9.17) is 15.4 Å². The Balaban J connectivity index is 2.46. The van der Waals surface area contributed by atoms with Crippen molar-refractivity contribution < 1.29 is 18.1 Å². The van der Waals surface area contributed by atoms with Gasteiger partial charge >= 0.3 is 7.48 Å². The second-order valence-corrected chi connectivity index (χ2v) is 7.57. The van der Waals surface area contributed by atoms with Crippen molar-refractivity contribution in [1.82, 2.24) is 4.72 Å². The molecule has 1 fully saturated rings. The lowest BCUT2D eigenvalue weighted by Gasteiger charge is -2.22. The fourth-order valence-corrected chi connectivity index (χ4v) is 3.82. The summed E-state index contributed by atoms with van der Waals surface area (Å²) in [7, 11) is -3.31. The lowest BCUT2D eigenvalue weighted by molar-refractivity contribution is -0.183. The van der Waals surface area contributed by atoms with Crippen molar-refractivity contribution in [3.8, 4) is 0 Å². The number of rotatable bonds is 3. The minimum atomic E-state index is -3.65. The molecule has 1 aliphatic heterocycles. The van der Waals surface area contributed by atoms with Gasteiger partial charge in [0.2, 0.25) is 10.0 Å². The molecule has 2 rings (SSSR count). The minimum Gasteiger partial charge on any atom is -0.399 e. The summed E-state index contributed by atoms with van der Waals surface area (Å²) in [5, 5.41) is 0. The molecule has 1 saturated heterocycles. The van der Waals surface area contributed by atoms with Crippen LogP contribution in [0.1, 0.15) is 32.2 Å². The van der Waals surface area contributed by atoms with E-state index in [1.165, 1.54) is 6.07 Å². The molecule has 0 saturated carbocycles. The lowest BCUT2D eigenvalue weighted by atomic mass is 9.76. The first-order valence-electron chi connectivity index (χ1n) is 6.37. The van der Waals surface area contributed by atoms with E-state index in [0.29, 0.717) is 25.3 Å². The minimum absolute atomic E-state index is 0.109. The Morgan fingerprint density at radius 3 is 2.65 bits per heavy atom. The number of anilines is 1. The third-order valence-electron chi connectivity index (χ3n) is 2.83. The van der Waals surface area contributed by atoms with Crippen molar-refractivity contribution in [2.75, 3.05) is 12.3 Å². The van der Waals surface area contributed by atoms with Gasteiger partial charge < -0.3 is 10.5 Å². The monoisotopic (exact) mass is 298 g/mol. The van der Waals surface area contributed by atoms with Crippen molar-refractivity contribution in [2.45, 2.75) is 37.0 Å². The van der Waals surface area contributed by atoms with E-state index < -0.39 is 15.6 Å². The molecule has 0 radical (unpaired) electrons. The molecule has 1 unspecified atom stereocenters. The van der Waals surface area contributed by atoms with Gasteiger partial charge in [-0.25, -0.2) is 13.1 Å². The van der Waals surface area contributed by atoms with Crippen LogP contribution in [-0.2, 0) is 19.7 Å². The summed E-state index contributed by atoms with van der Waals surface area (Å²) in [5.74, 6) is -0.109. The highest BCUT2D eigenvalue weighted by molar-refractivity contribution is 7.89. The zero-order valence-electron chi connectivity index (χ0n) is 11.8. The van der Waals surface area contributed by atoms with Crippen molar-refractivity contribution in [1.29, 1.82) is 0 Å². The molecule has 8 heteroatoms. The summed E-state index contributed by atoms with van der Waals surface area (Å²) in [6.45, 7) is 5.71. The Morgan fingerprint density at radius 1 is 1.40 bits per heavy atom. The van der Waals surface area contributed by atoms with Crippen LogP contribution in [0.15, 0.2) is 23.1 Å². The summed E-state index contributed by atoms with van der Waals surface area (Å²) >= 11 is 0. The van der Waals surface area contributed by atoms with Crippen LogP contribution in [0.3, 0.4) is 0 Å². The third-order valence-corrected chi connectivity index (χ3v) is 4.64. The van der Waals surface area contributed by atoms with Gasteiger partial charge in [-0.1, -0.05) is 6.07 Å². The van der Waals surface area contributed by atoms with Gasteiger partial charge in [-0.05, 0) is 38.5 Å². The van der Waals surface area contributed by atoms with Crippen LogP contribution in [0.2, 0.25) is 0 Å². The van der Waals surface area contributed by atoms with Gasteiger partial charge in [-0.15, -0.1) is 0 Å². The van der Waals surface area contributed by atoms with Crippen LogP contribution in [0.5, 0.6) is 0 Å². The van der Waals surface area contributed by atoms with E-state index in [-0.39, 0.29) is 10.7 Å².